The van der Waals surface area contributed by atoms with Crippen LogP contribution < -0.4 is 0 Å². The molecule has 2 fully saturated rings. The molecule has 1 amide bonds. The summed E-state index contributed by atoms with van der Waals surface area (Å²) in [5, 5.41) is 11.0. The minimum atomic E-state index is -0.122. The van der Waals surface area contributed by atoms with E-state index in [4.69, 9.17) is 0 Å². The van der Waals surface area contributed by atoms with Crippen molar-refractivity contribution >= 4 is 11.6 Å². The normalized spacial score (nSPS) is 28.1. The van der Waals surface area contributed by atoms with Crippen LogP contribution in [0, 0.1) is 28.6 Å². The summed E-state index contributed by atoms with van der Waals surface area (Å²) in [6.45, 7) is 14.2. The van der Waals surface area contributed by atoms with Crippen LogP contribution in [-0.2, 0) is 0 Å². The molecule has 1 aliphatic heterocycles. The van der Waals surface area contributed by atoms with E-state index in [9.17, 15) is 9.90 Å². The number of nitrogens with one attached hydrogen (secondary N) is 1. The average molecular weight is 483 g/mol. The quantitative estimate of drug-likeness (QED) is 0.364. The molecule has 2 unspecified atom stereocenters. The number of amides is 1. The summed E-state index contributed by atoms with van der Waals surface area (Å²) in [7, 11) is 0. The fourth-order valence-electron chi connectivity index (χ4n) is 7.81. The molecule has 0 bridgehead atoms. The molecule has 2 heterocycles. The largest absolute Gasteiger partial charge is 0.494 e. The van der Waals surface area contributed by atoms with Crippen molar-refractivity contribution in [2.75, 3.05) is 0 Å². The molecular weight excluding hydrogens is 432 g/mol. The molecule has 2 N–H and O–H groups in total. The zero-order chi connectivity index (χ0) is 25.4. The Labute approximate surface area is 213 Å². The van der Waals surface area contributed by atoms with Crippen molar-refractivity contribution in [2.45, 2.75) is 131 Å². The van der Waals surface area contributed by atoms with Gasteiger partial charge in [-0.15, -0.1) is 0 Å². The highest BCUT2D eigenvalue weighted by Gasteiger charge is 2.42. The fourth-order valence-corrected chi connectivity index (χ4v) is 7.81. The van der Waals surface area contributed by atoms with Crippen LogP contribution >= 0.6 is 0 Å². The molecule has 0 saturated heterocycles. The standard InChI is InChI=1S/C31H50N2O2/c1-7-30(5,8-2)22-13-11-12-20(14-17-22)26-24-25(29(35)32-26)27(33-28(24)34)21-15-18-23(19-16-21)31(6,9-3)10-4/h20-23,32,35H,7-19H2,1-6H3. The van der Waals surface area contributed by atoms with Gasteiger partial charge in [-0.1, -0.05) is 73.6 Å². The monoisotopic (exact) mass is 482 g/mol. The molecule has 4 heteroatoms. The number of rotatable bonds is 8. The van der Waals surface area contributed by atoms with E-state index >= 15 is 0 Å². The minimum absolute atomic E-state index is 0.122. The zero-order valence-electron chi connectivity index (χ0n) is 23.3. The van der Waals surface area contributed by atoms with Crippen LogP contribution in [0.15, 0.2) is 4.99 Å². The molecule has 196 valence electrons. The lowest BCUT2D eigenvalue weighted by Crippen LogP contribution is -2.32. The zero-order valence-corrected chi connectivity index (χ0v) is 23.3. The van der Waals surface area contributed by atoms with E-state index in [0.717, 1.165) is 54.5 Å². The van der Waals surface area contributed by atoms with Crippen molar-refractivity contribution in [3.05, 3.63) is 16.8 Å². The van der Waals surface area contributed by atoms with Crippen molar-refractivity contribution in [1.29, 1.82) is 0 Å². The summed E-state index contributed by atoms with van der Waals surface area (Å²) in [4.78, 5) is 21.1. The number of aliphatic imine (C=N–C) groups is 1. The molecule has 4 nitrogen and oxygen atoms in total. The number of aromatic nitrogens is 1. The van der Waals surface area contributed by atoms with E-state index in [2.05, 4.69) is 51.5 Å². The molecule has 4 rings (SSSR count). The maximum atomic E-state index is 13.2. The van der Waals surface area contributed by atoms with Crippen LogP contribution in [0.5, 0.6) is 5.88 Å². The maximum absolute atomic E-state index is 13.2. The van der Waals surface area contributed by atoms with Gasteiger partial charge in [0.15, 0.2) is 5.88 Å². The third kappa shape index (κ3) is 4.76. The highest BCUT2D eigenvalue weighted by atomic mass is 16.3. The van der Waals surface area contributed by atoms with Gasteiger partial charge in [0.25, 0.3) is 5.91 Å². The first-order valence-electron chi connectivity index (χ1n) is 14.8. The van der Waals surface area contributed by atoms with Gasteiger partial charge in [-0.3, -0.25) is 4.79 Å². The first-order valence-corrected chi connectivity index (χ1v) is 14.8. The lowest BCUT2D eigenvalue weighted by molar-refractivity contribution is 0.100. The molecule has 0 radical (unpaired) electrons. The average Bonchev–Trinajstić information content (AvgIpc) is 3.29. The summed E-state index contributed by atoms with van der Waals surface area (Å²) in [5.74, 6) is 2.16. The lowest BCUT2D eigenvalue weighted by atomic mass is 9.64. The Morgan fingerprint density at radius 2 is 1.29 bits per heavy atom. The number of hydrogen-bond donors (Lipinski definition) is 2. The van der Waals surface area contributed by atoms with Crippen molar-refractivity contribution in [1.82, 2.24) is 4.98 Å². The number of fused-ring (bicyclic) bond motifs is 1. The van der Waals surface area contributed by atoms with Gasteiger partial charge in [0, 0.05) is 11.6 Å². The second-order valence-corrected chi connectivity index (χ2v) is 12.6. The molecule has 2 saturated carbocycles. The fraction of sp³-hybridized carbons (Fsp3) is 0.806. The van der Waals surface area contributed by atoms with Gasteiger partial charge in [0.2, 0.25) is 0 Å². The van der Waals surface area contributed by atoms with E-state index < -0.39 is 0 Å². The maximum Gasteiger partial charge on any atom is 0.279 e. The molecule has 2 atom stereocenters. The number of carbonyl (C=O) groups is 1. The molecule has 0 spiro atoms. The molecule has 35 heavy (non-hydrogen) atoms. The minimum Gasteiger partial charge on any atom is -0.494 e. The van der Waals surface area contributed by atoms with E-state index in [-0.39, 0.29) is 17.7 Å². The van der Waals surface area contributed by atoms with E-state index in [0.29, 0.717) is 22.3 Å². The molecule has 1 aromatic heterocycles. The van der Waals surface area contributed by atoms with Crippen molar-refractivity contribution in [3.8, 4) is 5.88 Å². The Kier molecular flexibility index (Phi) is 7.88. The third-order valence-electron chi connectivity index (χ3n) is 11.4. The first kappa shape index (κ1) is 26.5. The van der Waals surface area contributed by atoms with Crippen LogP contribution in [0.25, 0.3) is 0 Å². The van der Waals surface area contributed by atoms with Crippen molar-refractivity contribution in [2.24, 2.45) is 33.6 Å². The van der Waals surface area contributed by atoms with Gasteiger partial charge >= 0.3 is 0 Å². The van der Waals surface area contributed by atoms with Crippen LogP contribution in [0.4, 0.5) is 0 Å². The number of nitrogens with zero attached hydrogens (tertiary/aromatic N) is 1. The summed E-state index contributed by atoms with van der Waals surface area (Å²) < 4.78 is 0. The second kappa shape index (κ2) is 10.4. The van der Waals surface area contributed by atoms with Crippen LogP contribution in [0.3, 0.4) is 0 Å². The summed E-state index contributed by atoms with van der Waals surface area (Å²) in [5.41, 5.74) is 4.10. The molecule has 0 aromatic carbocycles. The predicted octanol–water partition coefficient (Wildman–Crippen LogP) is 8.79. The van der Waals surface area contributed by atoms with Gasteiger partial charge < -0.3 is 10.1 Å². The number of aromatic hydroxyl groups is 1. The number of carbonyl (C=O) groups excluding carboxylic acids is 1. The van der Waals surface area contributed by atoms with Crippen LogP contribution in [0.2, 0.25) is 0 Å². The third-order valence-corrected chi connectivity index (χ3v) is 11.4. The lowest BCUT2D eigenvalue weighted by Gasteiger charge is -2.41. The Balaban J connectivity index is 1.50. The van der Waals surface area contributed by atoms with Gasteiger partial charge in [0.1, 0.15) is 0 Å². The van der Waals surface area contributed by atoms with E-state index in [1.807, 2.05) is 0 Å². The number of aromatic amines is 1. The van der Waals surface area contributed by atoms with Crippen LogP contribution in [0.1, 0.15) is 153 Å². The Bertz CT molecular complexity index is 926. The first-order chi connectivity index (χ1) is 16.7. The van der Waals surface area contributed by atoms with Crippen molar-refractivity contribution < 1.29 is 9.90 Å². The highest BCUT2D eigenvalue weighted by molar-refractivity contribution is 6.24. The summed E-state index contributed by atoms with van der Waals surface area (Å²) >= 11 is 0. The Hall–Kier alpha value is -1.58. The van der Waals surface area contributed by atoms with Gasteiger partial charge in [-0.05, 0) is 80.0 Å². The summed E-state index contributed by atoms with van der Waals surface area (Å²) in [6, 6.07) is 0. The van der Waals surface area contributed by atoms with Gasteiger partial charge in [-0.2, -0.15) is 0 Å². The molecule has 3 aliphatic rings. The topological polar surface area (TPSA) is 65.5 Å². The Morgan fingerprint density at radius 1 is 0.771 bits per heavy atom. The van der Waals surface area contributed by atoms with Gasteiger partial charge in [-0.25, -0.2) is 4.99 Å². The summed E-state index contributed by atoms with van der Waals surface area (Å²) in [6.07, 6.45) is 15.3. The molecule has 2 aliphatic carbocycles. The van der Waals surface area contributed by atoms with Crippen LogP contribution in [-0.4, -0.2) is 21.7 Å². The number of H-pyrrole nitrogens is 1. The molecular formula is C31H50N2O2. The smallest absolute Gasteiger partial charge is 0.279 e. The van der Waals surface area contributed by atoms with E-state index in [1.165, 1.54) is 57.8 Å². The SMILES string of the molecule is CCC(C)(CC)C1CCC(C2=NC(=O)c3c(C4CCCC(C(C)(CC)CC)CC4)[nH]c(O)c32)CC1. The van der Waals surface area contributed by atoms with Gasteiger partial charge in [0.05, 0.1) is 16.8 Å². The number of hydrogen-bond acceptors (Lipinski definition) is 2. The highest BCUT2D eigenvalue weighted by Crippen LogP contribution is 2.49. The predicted molar refractivity (Wildman–Crippen MR) is 145 cm³/mol. The van der Waals surface area contributed by atoms with Crippen molar-refractivity contribution in [3.63, 3.8) is 0 Å². The van der Waals surface area contributed by atoms with E-state index in [1.54, 1.807) is 0 Å². The Morgan fingerprint density at radius 3 is 1.83 bits per heavy atom. The second-order valence-electron chi connectivity index (χ2n) is 12.6. The molecule has 1 aromatic rings.